The van der Waals surface area contributed by atoms with Gasteiger partial charge in [-0.3, -0.25) is 9.59 Å². The number of benzene rings is 1. The second-order valence-electron chi connectivity index (χ2n) is 5.93. The lowest BCUT2D eigenvalue weighted by Gasteiger charge is -2.12. The van der Waals surface area contributed by atoms with Crippen molar-refractivity contribution in [3.8, 4) is 5.75 Å². The maximum absolute atomic E-state index is 12.6. The first kappa shape index (κ1) is 19.4. The number of anilines is 1. The summed E-state index contributed by atoms with van der Waals surface area (Å²) in [5.41, 5.74) is 1.47. The van der Waals surface area contributed by atoms with Crippen molar-refractivity contribution in [3.63, 3.8) is 0 Å². The maximum Gasteiger partial charge on any atom is 0.274 e. The Bertz CT molecular complexity index is 1000. The number of hydrogen-bond acceptors (Lipinski definition) is 5. The number of carbonyl (C=O) groups excluding carboxylic acids is 2. The van der Waals surface area contributed by atoms with Crippen molar-refractivity contribution in [2.75, 3.05) is 12.4 Å². The molecule has 0 saturated heterocycles. The number of methoxy groups -OCH3 is 1. The van der Waals surface area contributed by atoms with Crippen molar-refractivity contribution in [1.82, 2.24) is 10.3 Å². The molecular weight excluding hydrogens is 382 g/mol. The summed E-state index contributed by atoms with van der Waals surface area (Å²) in [6.07, 6.45) is 1.53. The first-order chi connectivity index (χ1) is 13.5. The summed E-state index contributed by atoms with van der Waals surface area (Å²) in [7, 11) is 1.49. The van der Waals surface area contributed by atoms with Gasteiger partial charge in [-0.2, -0.15) is 0 Å². The van der Waals surface area contributed by atoms with Gasteiger partial charge in [-0.15, -0.1) is 0 Å². The van der Waals surface area contributed by atoms with Crippen LogP contribution in [0.25, 0.3) is 0 Å². The van der Waals surface area contributed by atoms with E-state index in [1.807, 2.05) is 6.92 Å². The van der Waals surface area contributed by atoms with E-state index >= 15 is 0 Å². The Morgan fingerprint density at radius 2 is 1.89 bits per heavy atom. The fraction of sp³-hybridized carbons (Fsp3) is 0.150. The SMILES string of the molecule is COc1cc(Cl)c(C)cc1NC(=O)c1cccc(C(=O)NCc2ccco2)n1. The Morgan fingerprint density at radius 3 is 2.57 bits per heavy atom. The largest absolute Gasteiger partial charge is 0.495 e. The van der Waals surface area contributed by atoms with Crippen molar-refractivity contribution in [3.05, 3.63) is 76.5 Å². The molecule has 2 N–H and O–H groups in total. The van der Waals surface area contributed by atoms with E-state index in [1.54, 1.807) is 30.3 Å². The molecule has 8 heteroatoms. The van der Waals surface area contributed by atoms with E-state index in [4.69, 9.17) is 20.8 Å². The second kappa shape index (κ2) is 8.58. The van der Waals surface area contributed by atoms with Gasteiger partial charge < -0.3 is 19.8 Å². The fourth-order valence-electron chi connectivity index (χ4n) is 2.47. The van der Waals surface area contributed by atoms with E-state index in [1.165, 1.54) is 25.5 Å². The Morgan fingerprint density at radius 1 is 1.14 bits per heavy atom. The zero-order valence-electron chi connectivity index (χ0n) is 15.3. The number of nitrogens with one attached hydrogen (secondary N) is 2. The molecule has 2 heterocycles. The summed E-state index contributed by atoms with van der Waals surface area (Å²) in [5.74, 6) is 0.162. The molecule has 0 unspecified atom stereocenters. The van der Waals surface area contributed by atoms with Gasteiger partial charge in [-0.05, 0) is 42.8 Å². The van der Waals surface area contributed by atoms with E-state index in [0.29, 0.717) is 22.2 Å². The number of amides is 2. The van der Waals surface area contributed by atoms with E-state index in [9.17, 15) is 9.59 Å². The van der Waals surface area contributed by atoms with E-state index < -0.39 is 11.8 Å². The van der Waals surface area contributed by atoms with Crippen LogP contribution in [0.4, 0.5) is 5.69 Å². The predicted molar refractivity (Wildman–Crippen MR) is 105 cm³/mol. The molecule has 2 amide bonds. The number of pyridine rings is 1. The summed E-state index contributed by atoms with van der Waals surface area (Å²) in [6, 6.07) is 11.5. The van der Waals surface area contributed by atoms with Gasteiger partial charge in [0.1, 0.15) is 22.9 Å². The fourth-order valence-corrected chi connectivity index (χ4v) is 2.63. The third-order valence-electron chi connectivity index (χ3n) is 3.95. The predicted octanol–water partition coefficient (Wildman–Crippen LogP) is 3.83. The minimum atomic E-state index is -0.472. The van der Waals surface area contributed by atoms with Crippen LogP contribution >= 0.6 is 11.6 Å². The van der Waals surface area contributed by atoms with Gasteiger partial charge in [-0.1, -0.05) is 17.7 Å². The Hall–Kier alpha value is -3.32. The van der Waals surface area contributed by atoms with Gasteiger partial charge in [0.2, 0.25) is 0 Å². The number of ether oxygens (including phenoxy) is 1. The number of furan rings is 1. The maximum atomic E-state index is 12.6. The van der Waals surface area contributed by atoms with Crippen molar-refractivity contribution < 1.29 is 18.7 Å². The van der Waals surface area contributed by atoms with Gasteiger partial charge in [0.05, 0.1) is 25.6 Å². The molecule has 0 bridgehead atoms. The van der Waals surface area contributed by atoms with Crippen molar-refractivity contribution in [2.45, 2.75) is 13.5 Å². The van der Waals surface area contributed by atoms with Gasteiger partial charge in [-0.25, -0.2) is 4.98 Å². The van der Waals surface area contributed by atoms with Crippen LogP contribution in [-0.2, 0) is 6.54 Å². The third kappa shape index (κ3) is 4.50. The molecule has 0 spiro atoms. The minimum Gasteiger partial charge on any atom is -0.495 e. The summed E-state index contributed by atoms with van der Waals surface area (Å²) in [5, 5.41) is 5.95. The monoisotopic (exact) mass is 399 g/mol. The molecule has 7 nitrogen and oxygen atoms in total. The Labute approximate surface area is 166 Å². The van der Waals surface area contributed by atoms with Crippen LogP contribution in [0.2, 0.25) is 5.02 Å². The first-order valence-corrected chi connectivity index (χ1v) is 8.79. The number of aryl methyl sites for hydroxylation is 1. The van der Waals surface area contributed by atoms with E-state index in [0.717, 1.165) is 5.56 Å². The Kier molecular flexibility index (Phi) is 5.96. The lowest BCUT2D eigenvalue weighted by Crippen LogP contribution is -2.25. The highest BCUT2D eigenvalue weighted by Gasteiger charge is 2.15. The number of aromatic nitrogens is 1. The smallest absolute Gasteiger partial charge is 0.274 e. The topological polar surface area (TPSA) is 93.5 Å². The van der Waals surface area contributed by atoms with Crippen molar-refractivity contribution in [2.24, 2.45) is 0 Å². The molecule has 2 aromatic heterocycles. The second-order valence-corrected chi connectivity index (χ2v) is 6.33. The molecule has 0 saturated carbocycles. The molecule has 0 aliphatic carbocycles. The standard InChI is InChI=1S/C20H18ClN3O4/c1-12-9-17(18(27-2)10-14(12)21)24-20(26)16-7-3-6-15(23-16)19(25)22-11-13-5-4-8-28-13/h3-10H,11H2,1-2H3,(H,22,25)(H,24,26). The lowest BCUT2D eigenvalue weighted by molar-refractivity contribution is 0.0943. The van der Waals surface area contributed by atoms with Crippen LogP contribution in [0, 0.1) is 6.92 Å². The molecule has 1 aromatic carbocycles. The van der Waals surface area contributed by atoms with Crippen LogP contribution < -0.4 is 15.4 Å². The molecule has 0 radical (unpaired) electrons. The van der Waals surface area contributed by atoms with Crippen LogP contribution in [0.3, 0.4) is 0 Å². The minimum absolute atomic E-state index is 0.0975. The summed E-state index contributed by atoms with van der Waals surface area (Å²) in [4.78, 5) is 29.0. The van der Waals surface area contributed by atoms with Crippen molar-refractivity contribution in [1.29, 1.82) is 0 Å². The average molecular weight is 400 g/mol. The van der Waals surface area contributed by atoms with Crippen LogP contribution in [-0.4, -0.2) is 23.9 Å². The van der Waals surface area contributed by atoms with Gasteiger partial charge in [0.15, 0.2) is 0 Å². The quantitative estimate of drug-likeness (QED) is 0.657. The number of carbonyl (C=O) groups is 2. The van der Waals surface area contributed by atoms with Crippen LogP contribution in [0.1, 0.15) is 32.3 Å². The number of rotatable bonds is 6. The molecular formula is C20H18ClN3O4. The number of halogens is 1. The summed E-state index contributed by atoms with van der Waals surface area (Å²) < 4.78 is 10.4. The number of hydrogen-bond donors (Lipinski definition) is 2. The summed E-state index contributed by atoms with van der Waals surface area (Å²) >= 11 is 6.08. The average Bonchev–Trinajstić information content (AvgIpc) is 3.22. The van der Waals surface area contributed by atoms with Gasteiger partial charge in [0, 0.05) is 11.1 Å². The molecule has 0 fully saturated rings. The molecule has 28 heavy (non-hydrogen) atoms. The normalized spacial score (nSPS) is 10.4. The summed E-state index contributed by atoms with van der Waals surface area (Å²) in [6.45, 7) is 2.05. The molecule has 0 atom stereocenters. The molecule has 3 aromatic rings. The molecule has 0 aliphatic heterocycles. The van der Waals surface area contributed by atoms with Gasteiger partial charge >= 0.3 is 0 Å². The van der Waals surface area contributed by atoms with E-state index in [2.05, 4.69) is 15.6 Å². The highest BCUT2D eigenvalue weighted by Crippen LogP contribution is 2.31. The zero-order chi connectivity index (χ0) is 20.1. The molecule has 0 aliphatic rings. The molecule has 3 rings (SSSR count). The molecule has 144 valence electrons. The van der Waals surface area contributed by atoms with Crippen molar-refractivity contribution >= 4 is 29.1 Å². The van der Waals surface area contributed by atoms with Crippen LogP contribution in [0.5, 0.6) is 5.75 Å². The van der Waals surface area contributed by atoms with Gasteiger partial charge in [0.25, 0.3) is 11.8 Å². The van der Waals surface area contributed by atoms with Crippen LogP contribution in [0.15, 0.2) is 53.1 Å². The van der Waals surface area contributed by atoms with E-state index in [-0.39, 0.29) is 17.9 Å². The highest BCUT2D eigenvalue weighted by atomic mass is 35.5. The first-order valence-electron chi connectivity index (χ1n) is 8.41. The highest BCUT2D eigenvalue weighted by molar-refractivity contribution is 6.31. The Balaban J connectivity index is 1.73. The number of nitrogens with zero attached hydrogens (tertiary/aromatic N) is 1. The third-order valence-corrected chi connectivity index (χ3v) is 4.35. The zero-order valence-corrected chi connectivity index (χ0v) is 16.0. The lowest BCUT2D eigenvalue weighted by atomic mass is 10.2.